The number of halogens is 1. The molecular formula is C19H20FN3Te. The van der Waals surface area contributed by atoms with Crippen LogP contribution in [0.1, 0.15) is 25.3 Å². The molecule has 1 aromatic heterocycles. The molecule has 0 aliphatic heterocycles. The Balaban J connectivity index is 1.91. The summed E-state index contributed by atoms with van der Waals surface area (Å²) in [5.74, 6) is -0.223. The van der Waals surface area contributed by atoms with Gasteiger partial charge in [0.1, 0.15) is 0 Å². The topological polar surface area (TPSA) is 30.7 Å². The Morgan fingerprint density at radius 1 is 1.04 bits per heavy atom. The average molecular weight is 437 g/mol. The third-order valence-electron chi connectivity index (χ3n) is 3.72. The predicted molar refractivity (Wildman–Crippen MR) is 96.1 cm³/mol. The third-order valence-corrected chi connectivity index (χ3v) is 7.06. The maximum atomic E-state index is 13.2. The molecule has 0 N–H and O–H groups in total. The molecule has 0 fully saturated rings. The molecule has 0 unspecified atom stereocenters. The van der Waals surface area contributed by atoms with Crippen LogP contribution in [0.2, 0.25) is 4.47 Å². The fourth-order valence-corrected chi connectivity index (χ4v) is 5.75. The van der Waals surface area contributed by atoms with Crippen LogP contribution in [-0.4, -0.2) is 35.9 Å². The Kier molecular flexibility index (Phi) is 6.01. The molecule has 0 saturated carbocycles. The molecule has 0 aliphatic carbocycles. The van der Waals surface area contributed by atoms with E-state index in [0.717, 1.165) is 17.8 Å². The first-order chi connectivity index (χ1) is 11.8. The van der Waals surface area contributed by atoms with Crippen LogP contribution in [0.25, 0.3) is 11.3 Å². The van der Waals surface area contributed by atoms with Gasteiger partial charge < -0.3 is 0 Å². The van der Waals surface area contributed by atoms with Gasteiger partial charge in [-0.05, 0) is 0 Å². The van der Waals surface area contributed by atoms with Crippen LogP contribution in [0.3, 0.4) is 0 Å². The van der Waals surface area contributed by atoms with Crippen molar-refractivity contribution in [2.24, 2.45) is 0 Å². The molecule has 0 saturated heterocycles. The molecule has 5 heteroatoms. The van der Waals surface area contributed by atoms with E-state index in [0.29, 0.717) is 0 Å². The summed E-state index contributed by atoms with van der Waals surface area (Å²) in [6, 6.07) is 16.9. The van der Waals surface area contributed by atoms with E-state index in [1.54, 1.807) is 12.1 Å². The molecule has 3 aromatic rings. The first-order valence-electron chi connectivity index (χ1n) is 8.14. The molecule has 0 atom stereocenters. The zero-order chi connectivity index (χ0) is 16.8. The van der Waals surface area contributed by atoms with Crippen LogP contribution < -0.4 is 3.74 Å². The molecule has 0 amide bonds. The van der Waals surface area contributed by atoms with Gasteiger partial charge in [0.25, 0.3) is 0 Å². The van der Waals surface area contributed by atoms with Gasteiger partial charge in [-0.15, -0.1) is 0 Å². The van der Waals surface area contributed by atoms with E-state index in [1.807, 2.05) is 22.9 Å². The van der Waals surface area contributed by atoms with Gasteiger partial charge in [0, 0.05) is 0 Å². The summed E-state index contributed by atoms with van der Waals surface area (Å²) in [4.78, 5) is 0. The Hall–Kier alpha value is -1.70. The predicted octanol–water partition coefficient (Wildman–Crippen LogP) is 3.68. The van der Waals surface area contributed by atoms with Gasteiger partial charge in [0.15, 0.2) is 0 Å². The molecule has 1 heterocycles. The van der Waals surface area contributed by atoms with Crippen LogP contribution in [0, 0.1) is 5.82 Å². The van der Waals surface area contributed by atoms with Gasteiger partial charge in [-0.2, -0.15) is 0 Å². The maximum absolute atomic E-state index is 13.2. The standard InChI is InChI=1S/C19H20FN3Te/c1-2-3-13-24-19-18(16-9-11-17(20)12-10-16)21-22-23(19)14-15-7-5-4-6-8-15/h4-12H,2-3,13-14H2,1H3. The molecule has 3 nitrogen and oxygen atoms in total. The molecule has 24 heavy (non-hydrogen) atoms. The minimum absolute atomic E-state index is 0.223. The van der Waals surface area contributed by atoms with Crippen LogP contribution in [0.5, 0.6) is 0 Å². The molecule has 124 valence electrons. The number of nitrogens with zero attached hydrogens (tertiary/aromatic N) is 3. The second-order valence-corrected chi connectivity index (χ2v) is 8.69. The van der Waals surface area contributed by atoms with Crippen molar-refractivity contribution in [3.63, 3.8) is 0 Å². The molecule has 0 aliphatic rings. The summed E-state index contributed by atoms with van der Waals surface area (Å²) < 4.78 is 17.7. The number of rotatable bonds is 7. The molecule has 0 radical (unpaired) electrons. The number of benzene rings is 2. The van der Waals surface area contributed by atoms with Gasteiger partial charge in [-0.1, -0.05) is 0 Å². The van der Waals surface area contributed by atoms with E-state index in [9.17, 15) is 4.39 Å². The zero-order valence-corrected chi connectivity index (χ0v) is 16.0. The van der Waals surface area contributed by atoms with Crippen molar-refractivity contribution in [1.82, 2.24) is 15.0 Å². The van der Waals surface area contributed by atoms with E-state index < -0.39 is 0 Å². The number of aromatic nitrogens is 3. The summed E-state index contributed by atoms with van der Waals surface area (Å²) >= 11 is -0.374. The summed E-state index contributed by atoms with van der Waals surface area (Å²) in [5, 5.41) is 8.81. The van der Waals surface area contributed by atoms with Crippen molar-refractivity contribution >= 4 is 24.7 Å². The van der Waals surface area contributed by atoms with E-state index in [2.05, 4.69) is 29.4 Å². The Bertz CT molecular complexity index is 769. The average Bonchev–Trinajstić information content (AvgIpc) is 2.99. The van der Waals surface area contributed by atoms with Gasteiger partial charge >= 0.3 is 152 Å². The van der Waals surface area contributed by atoms with Gasteiger partial charge in [-0.25, -0.2) is 0 Å². The number of hydrogen-bond acceptors (Lipinski definition) is 2. The Labute approximate surface area is 152 Å². The van der Waals surface area contributed by atoms with Crippen molar-refractivity contribution in [3.05, 3.63) is 66.0 Å². The molecular weight excluding hydrogens is 417 g/mol. The first-order valence-corrected chi connectivity index (χ1v) is 11.0. The van der Waals surface area contributed by atoms with Crippen LogP contribution in [0.15, 0.2) is 54.6 Å². The van der Waals surface area contributed by atoms with Crippen LogP contribution in [0.4, 0.5) is 4.39 Å². The van der Waals surface area contributed by atoms with E-state index in [-0.39, 0.29) is 26.7 Å². The zero-order valence-electron chi connectivity index (χ0n) is 13.7. The Morgan fingerprint density at radius 2 is 1.79 bits per heavy atom. The molecule has 3 rings (SSSR count). The Morgan fingerprint density at radius 3 is 2.50 bits per heavy atom. The first kappa shape index (κ1) is 17.1. The van der Waals surface area contributed by atoms with Crippen LogP contribution in [-0.2, 0) is 6.54 Å². The van der Waals surface area contributed by atoms with Gasteiger partial charge in [0.2, 0.25) is 0 Å². The van der Waals surface area contributed by atoms with E-state index in [4.69, 9.17) is 0 Å². The summed E-state index contributed by atoms with van der Waals surface area (Å²) in [5.41, 5.74) is 3.09. The van der Waals surface area contributed by atoms with Crippen molar-refractivity contribution in [2.75, 3.05) is 0 Å². The normalized spacial score (nSPS) is 10.9. The quantitative estimate of drug-likeness (QED) is 0.418. The van der Waals surface area contributed by atoms with Crippen LogP contribution >= 0.6 is 0 Å². The summed E-state index contributed by atoms with van der Waals surface area (Å²) in [7, 11) is 0. The monoisotopic (exact) mass is 439 g/mol. The summed E-state index contributed by atoms with van der Waals surface area (Å²) in [6.07, 6.45) is 2.44. The van der Waals surface area contributed by atoms with Crippen molar-refractivity contribution in [1.29, 1.82) is 0 Å². The SMILES string of the molecule is CCCC[Te]c1c(-c2ccc(F)cc2)nnn1Cc1ccccc1. The summed E-state index contributed by atoms with van der Waals surface area (Å²) in [6.45, 7) is 2.95. The fourth-order valence-electron chi connectivity index (χ4n) is 2.41. The van der Waals surface area contributed by atoms with E-state index >= 15 is 0 Å². The van der Waals surface area contributed by atoms with Gasteiger partial charge in [-0.3, -0.25) is 0 Å². The second-order valence-electron chi connectivity index (χ2n) is 5.60. The van der Waals surface area contributed by atoms with Crippen molar-refractivity contribution in [2.45, 2.75) is 30.8 Å². The third kappa shape index (κ3) is 4.23. The van der Waals surface area contributed by atoms with Crippen molar-refractivity contribution in [3.8, 4) is 11.3 Å². The second kappa shape index (κ2) is 8.41. The number of hydrogen-bond donors (Lipinski definition) is 0. The van der Waals surface area contributed by atoms with E-state index in [1.165, 1.54) is 38.7 Å². The minimum atomic E-state index is -0.374. The molecule has 0 bridgehead atoms. The molecule has 2 aromatic carbocycles. The van der Waals surface area contributed by atoms with Gasteiger partial charge in [0.05, 0.1) is 0 Å². The van der Waals surface area contributed by atoms with Crippen molar-refractivity contribution < 1.29 is 4.39 Å². The molecule has 0 spiro atoms. The number of unbranched alkanes of at least 4 members (excludes halogenated alkanes) is 1. The fraction of sp³-hybridized carbons (Fsp3) is 0.263.